The molecule has 0 aliphatic carbocycles. The molecule has 0 aliphatic heterocycles. The highest BCUT2D eigenvalue weighted by atomic mass is 19.1. The van der Waals surface area contributed by atoms with Crippen LogP contribution in [0.4, 0.5) is 14.6 Å². The Morgan fingerprint density at radius 1 is 1.21 bits per heavy atom. The molecule has 1 aromatic heterocycles. The molecule has 98 valence electrons. The number of carboxylic acid groups (broad SMARTS) is 1. The summed E-state index contributed by atoms with van der Waals surface area (Å²) >= 11 is 0. The number of halogens is 2. The number of carbonyl (C=O) groups is 1. The SMILES string of the molecule is Nc1cc(-c2ccc(F)cc2F)c(C(=O)O)c(=O)[nH]1. The summed E-state index contributed by atoms with van der Waals surface area (Å²) in [6.07, 6.45) is 0. The Labute approximate surface area is 105 Å². The maximum atomic E-state index is 13.7. The van der Waals surface area contributed by atoms with Gasteiger partial charge in [-0.2, -0.15) is 0 Å². The number of nitrogens with two attached hydrogens (primary N) is 1. The number of hydrogen-bond donors (Lipinski definition) is 3. The normalized spacial score (nSPS) is 10.4. The first kappa shape index (κ1) is 12.7. The molecule has 0 spiro atoms. The average molecular weight is 266 g/mol. The lowest BCUT2D eigenvalue weighted by molar-refractivity contribution is 0.0696. The van der Waals surface area contributed by atoms with Crippen LogP contribution in [0.2, 0.25) is 0 Å². The molecule has 0 aliphatic rings. The predicted molar refractivity (Wildman–Crippen MR) is 63.8 cm³/mol. The largest absolute Gasteiger partial charge is 0.477 e. The van der Waals surface area contributed by atoms with E-state index in [9.17, 15) is 18.4 Å². The number of aromatic carboxylic acids is 1. The van der Waals surface area contributed by atoms with Crippen molar-refractivity contribution in [3.63, 3.8) is 0 Å². The topological polar surface area (TPSA) is 96.2 Å². The first-order valence-corrected chi connectivity index (χ1v) is 5.11. The van der Waals surface area contributed by atoms with E-state index in [0.29, 0.717) is 6.07 Å². The molecule has 0 atom stereocenters. The minimum atomic E-state index is -1.53. The molecule has 0 radical (unpaired) electrons. The first-order valence-electron chi connectivity index (χ1n) is 5.11. The smallest absolute Gasteiger partial charge is 0.341 e. The first-order chi connectivity index (χ1) is 8.90. The summed E-state index contributed by atoms with van der Waals surface area (Å²) in [7, 11) is 0. The van der Waals surface area contributed by atoms with Crippen molar-refractivity contribution in [3.8, 4) is 11.1 Å². The Morgan fingerprint density at radius 2 is 1.89 bits per heavy atom. The second kappa shape index (κ2) is 4.52. The molecule has 2 rings (SSSR count). The molecule has 19 heavy (non-hydrogen) atoms. The number of nitrogens with one attached hydrogen (secondary N) is 1. The number of rotatable bonds is 2. The van der Waals surface area contributed by atoms with Crippen LogP contribution in [-0.2, 0) is 0 Å². The van der Waals surface area contributed by atoms with E-state index in [4.69, 9.17) is 10.8 Å². The summed E-state index contributed by atoms with van der Waals surface area (Å²) < 4.78 is 26.5. The number of hydrogen-bond acceptors (Lipinski definition) is 3. The van der Waals surface area contributed by atoms with Crippen molar-refractivity contribution in [1.29, 1.82) is 0 Å². The van der Waals surface area contributed by atoms with Crippen LogP contribution in [0.5, 0.6) is 0 Å². The molecule has 0 fully saturated rings. The summed E-state index contributed by atoms with van der Waals surface area (Å²) in [5.41, 5.74) is 3.38. The highest BCUT2D eigenvalue weighted by molar-refractivity contribution is 5.96. The van der Waals surface area contributed by atoms with Gasteiger partial charge in [-0.15, -0.1) is 0 Å². The molecule has 2 aromatic rings. The van der Waals surface area contributed by atoms with Crippen molar-refractivity contribution in [2.75, 3.05) is 5.73 Å². The summed E-state index contributed by atoms with van der Waals surface area (Å²) in [6, 6.07) is 3.71. The molecular formula is C12H8F2N2O3. The molecule has 4 N–H and O–H groups in total. The van der Waals surface area contributed by atoms with Gasteiger partial charge in [-0.1, -0.05) is 0 Å². The summed E-state index contributed by atoms with van der Waals surface area (Å²) in [4.78, 5) is 24.7. The van der Waals surface area contributed by atoms with E-state index in [2.05, 4.69) is 4.98 Å². The Morgan fingerprint density at radius 3 is 2.47 bits per heavy atom. The summed E-state index contributed by atoms with van der Waals surface area (Å²) in [5, 5.41) is 8.99. The van der Waals surface area contributed by atoms with E-state index in [1.54, 1.807) is 0 Å². The molecule has 7 heteroatoms. The predicted octanol–water partition coefficient (Wildman–Crippen LogP) is 1.60. The van der Waals surface area contributed by atoms with Crippen LogP contribution in [-0.4, -0.2) is 16.1 Å². The summed E-state index contributed by atoms with van der Waals surface area (Å²) in [6.45, 7) is 0. The molecule has 0 unspecified atom stereocenters. The number of aromatic nitrogens is 1. The fraction of sp³-hybridized carbons (Fsp3) is 0. The van der Waals surface area contributed by atoms with Crippen LogP contribution in [0.1, 0.15) is 10.4 Å². The number of nitrogen functional groups attached to an aromatic ring is 1. The monoisotopic (exact) mass is 266 g/mol. The lowest BCUT2D eigenvalue weighted by Gasteiger charge is -2.08. The number of anilines is 1. The van der Waals surface area contributed by atoms with Gasteiger partial charge < -0.3 is 15.8 Å². The molecule has 1 heterocycles. The van der Waals surface area contributed by atoms with Crippen LogP contribution in [0.25, 0.3) is 11.1 Å². The molecule has 5 nitrogen and oxygen atoms in total. The quantitative estimate of drug-likeness (QED) is 0.769. The van der Waals surface area contributed by atoms with Gasteiger partial charge in [-0.05, 0) is 18.2 Å². The van der Waals surface area contributed by atoms with Gasteiger partial charge in [0.15, 0.2) is 0 Å². The van der Waals surface area contributed by atoms with Crippen LogP contribution < -0.4 is 11.3 Å². The van der Waals surface area contributed by atoms with E-state index >= 15 is 0 Å². The molecular weight excluding hydrogens is 258 g/mol. The van der Waals surface area contributed by atoms with Crippen LogP contribution in [0.15, 0.2) is 29.1 Å². The van der Waals surface area contributed by atoms with Gasteiger partial charge in [0, 0.05) is 17.2 Å². The van der Waals surface area contributed by atoms with E-state index in [1.807, 2.05) is 0 Å². The number of H-pyrrole nitrogens is 1. The van der Waals surface area contributed by atoms with Crippen molar-refractivity contribution in [2.24, 2.45) is 0 Å². The van der Waals surface area contributed by atoms with E-state index in [1.165, 1.54) is 0 Å². The van der Waals surface area contributed by atoms with E-state index in [0.717, 1.165) is 18.2 Å². The Balaban J connectivity index is 2.81. The third-order valence-corrected chi connectivity index (χ3v) is 2.49. The number of benzene rings is 1. The summed E-state index contributed by atoms with van der Waals surface area (Å²) in [5.74, 6) is -3.43. The number of pyridine rings is 1. The lowest BCUT2D eigenvalue weighted by Crippen LogP contribution is -2.20. The standard InChI is InChI=1S/C12H8F2N2O3/c13-5-1-2-6(8(14)3-5)7-4-9(15)16-11(17)10(7)12(18)19/h1-4H,(H,18,19)(H3,15,16,17). The molecule has 0 amide bonds. The van der Waals surface area contributed by atoms with Crippen molar-refractivity contribution in [2.45, 2.75) is 0 Å². The fourth-order valence-corrected chi connectivity index (χ4v) is 1.71. The third-order valence-electron chi connectivity index (χ3n) is 2.49. The highest BCUT2D eigenvalue weighted by Crippen LogP contribution is 2.26. The minimum absolute atomic E-state index is 0.117. The maximum Gasteiger partial charge on any atom is 0.341 e. The van der Waals surface area contributed by atoms with E-state index in [-0.39, 0.29) is 16.9 Å². The van der Waals surface area contributed by atoms with E-state index < -0.39 is 28.7 Å². The van der Waals surface area contributed by atoms with Gasteiger partial charge in [-0.25, -0.2) is 13.6 Å². The van der Waals surface area contributed by atoms with Gasteiger partial charge in [0.1, 0.15) is 23.0 Å². The Bertz CT molecular complexity index is 725. The van der Waals surface area contributed by atoms with Crippen LogP contribution in [0, 0.1) is 11.6 Å². The van der Waals surface area contributed by atoms with Gasteiger partial charge in [0.05, 0.1) is 0 Å². The molecule has 1 aromatic carbocycles. The van der Waals surface area contributed by atoms with Crippen LogP contribution >= 0.6 is 0 Å². The molecule has 0 saturated heterocycles. The highest BCUT2D eigenvalue weighted by Gasteiger charge is 2.19. The second-order valence-electron chi connectivity index (χ2n) is 3.77. The lowest BCUT2D eigenvalue weighted by atomic mass is 10.0. The average Bonchev–Trinajstić information content (AvgIpc) is 2.26. The van der Waals surface area contributed by atoms with Crippen molar-refractivity contribution in [1.82, 2.24) is 4.98 Å². The Hall–Kier alpha value is -2.70. The van der Waals surface area contributed by atoms with Gasteiger partial charge in [0.25, 0.3) is 5.56 Å². The minimum Gasteiger partial charge on any atom is -0.477 e. The van der Waals surface area contributed by atoms with Crippen LogP contribution in [0.3, 0.4) is 0 Å². The zero-order valence-corrected chi connectivity index (χ0v) is 9.41. The van der Waals surface area contributed by atoms with Crippen molar-refractivity contribution >= 4 is 11.8 Å². The second-order valence-corrected chi connectivity index (χ2v) is 3.77. The fourth-order valence-electron chi connectivity index (χ4n) is 1.71. The zero-order valence-electron chi connectivity index (χ0n) is 9.41. The van der Waals surface area contributed by atoms with Gasteiger partial charge in [0.2, 0.25) is 0 Å². The van der Waals surface area contributed by atoms with Crippen molar-refractivity contribution < 1.29 is 18.7 Å². The number of aromatic amines is 1. The zero-order chi connectivity index (χ0) is 14.2. The Kier molecular flexibility index (Phi) is 3.04. The van der Waals surface area contributed by atoms with Crippen molar-refractivity contribution in [3.05, 3.63) is 51.8 Å². The third kappa shape index (κ3) is 2.30. The van der Waals surface area contributed by atoms with Gasteiger partial charge >= 0.3 is 5.97 Å². The molecule has 0 saturated carbocycles. The molecule has 0 bridgehead atoms. The maximum absolute atomic E-state index is 13.7. The number of carboxylic acids is 1. The van der Waals surface area contributed by atoms with Gasteiger partial charge in [-0.3, -0.25) is 4.79 Å².